The fraction of sp³-hybridized carbons (Fsp3) is 0.462. The summed E-state index contributed by atoms with van der Waals surface area (Å²) >= 11 is 0. The second-order valence-corrected chi connectivity index (χ2v) is 3.83. The number of hydrogen-bond donors (Lipinski definition) is 3. The Morgan fingerprint density at radius 1 is 1.22 bits per heavy atom. The van der Waals surface area contributed by atoms with Gasteiger partial charge in [0.25, 0.3) is 0 Å². The lowest BCUT2D eigenvalue weighted by Crippen LogP contribution is -2.35. The molecule has 100 valence electrons. The Morgan fingerprint density at radius 2 is 2.00 bits per heavy atom. The average Bonchev–Trinajstić information content (AvgIpc) is 2.39. The Labute approximate surface area is 108 Å². The monoisotopic (exact) mass is 251 g/mol. The van der Waals surface area contributed by atoms with Gasteiger partial charge in [-0.25, -0.2) is 4.79 Å². The highest BCUT2D eigenvalue weighted by atomic mass is 16.5. The minimum Gasteiger partial charge on any atom is -0.495 e. The number of amides is 2. The van der Waals surface area contributed by atoms with Crippen molar-refractivity contribution in [2.24, 2.45) is 0 Å². The molecule has 0 atom stereocenters. The highest BCUT2D eigenvalue weighted by molar-refractivity contribution is 5.90. The maximum atomic E-state index is 11.6. The van der Waals surface area contributed by atoms with Crippen LogP contribution in [0.1, 0.15) is 13.3 Å². The van der Waals surface area contributed by atoms with Crippen molar-refractivity contribution < 1.29 is 9.53 Å². The van der Waals surface area contributed by atoms with Gasteiger partial charge in [0.2, 0.25) is 0 Å². The molecule has 0 unspecified atom stereocenters. The summed E-state index contributed by atoms with van der Waals surface area (Å²) in [5.74, 6) is 0.650. The molecule has 0 aromatic heterocycles. The molecule has 2 amide bonds. The van der Waals surface area contributed by atoms with Crippen LogP contribution in [0.25, 0.3) is 0 Å². The van der Waals surface area contributed by atoms with Crippen molar-refractivity contribution in [1.29, 1.82) is 0 Å². The van der Waals surface area contributed by atoms with Crippen molar-refractivity contribution in [3.05, 3.63) is 24.3 Å². The summed E-state index contributed by atoms with van der Waals surface area (Å²) in [6, 6.07) is 7.08. The van der Waals surface area contributed by atoms with Gasteiger partial charge < -0.3 is 20.7 Å². The van der Waals surface area contributed by atoms with Gasteiger partial charge in [-0.3, -0.25) is 0 Å². The summed E-state index contributed by atoms with van der Waals surface area (Å²) < 4.78 is 5.15. The maximum absolute atomic E-state index is 11.6. The molecule has 0 spiro atoms. The lowest BCUT2D eigenvalue weighted by molar-refractivity contribution is 0.252. The fourth-order valence-electron chi connectivity index (χ4n) is 1.48. The first kappa shape index (κ1) is 14.3. The molecule has 1 aromatic rings. The topological polar surface area (TPSA) is 62.4 Å². The third-order valence-corrected chi connectivity index (χ3v) is 2.37. The average molecular weight is 251 g/mol. The number of benzene rings is 1. The molecule has 0 aliphatic rings. The van der Waals surface area contributed by atoms with E-state index >= 15 is 0 Å². The number of rotatable bonds is 7. The van der Waals surface area contributed by atoms with Gasteiger partial charge in [0.15, 0.2) is 0 Å². The summed E-state index contributed by atoms with van der Waals surface area (Å²) in [7, 11) is 1.58. The third kappa shape index (κ3) is 5.05. The lowest BCUT2D eigenvalue weighted by atomic mass is 10.3. The lowest BCUT2D eigenvalue weighted by Gasteiger charge is -2.11. The number of hydrogen-bond acceptors (Lipinski definition) is 3. The first-order valence-electron chi connectivity index (χ1n) is 6.16. The molecule has 0 aliphatic heterocycles. The predicted molar refractivity (Wildman–Crippen MR) is 73.2 cm³/mol. The largest absolute Gasteiger partial charge is 0.495 e. The van der Waals surface area contributed by atoms with Gasteiger partial charge in [0.05, 0.1) is 12.8 Å². The SMILES string of the molecule is CCCNCCNC(=O)Nc1ccccc1OC. The number of carbonyl (C=O) groups is 1. The van der Waals surface area contributed by atoms with Gasteiger partial charge in [-0.1, -0.05) is 19.1 Å². The number of methoxy groups -OCH3 is 1. The summed E-state index contributed by atoms with van der Waals surface area (Å²) in [6.07, 6.45) is 1.09. The van der Waals surface area contributed by atoms with Crippen molar-refractivity contribution >= 4 is 11.7 Å². The molecule has 0 aliphatic carbocycles. The second-order valence-electron chi connectivity index (χ2n) is 3.83. The number of nitrogens with one attached hydrogen (secondary N) is 3. The number of urea groups is 1. The van der Waals surface area contributed by atoms with E-state index in [0.717, 1.165) is 19.5 Å². The molecule has 0 saturated heterocycles. The zero-order valence-electron chi connectivity index (χ0n) is 11.0. The van der Waals surface area contributed by atoms with E-state index in [1.807, 2.05) is 12.1 Å². The zero-order valence-corrected chi connectivity index (χ0v) is 11.0. The van der Waals surface area contributed by atoms with Crippen LogP contribution < -0.4 is 20.7 Å². The van der Waals surface area contributed by atoms with Crippen molar-refractivity contribution in [3.8, 4) is 5.75 Å². The van der Waals surface area contributed by atoms with Crippen LogP contribution in [0.3, 0.4) is 0 Å². The van der Waals surface area contributed by atoms with E-state index in [-0.39, 0.29) is 6.03 Å². The van der Waals surface area contributed by atoms with E-state index in [1.165, 1.54) is 0 Å². The number of carbonyl (C=O) groups excluding carboxylic acids is 1. The summed E-state index contributed by atoms with van der Waals surface area (Å²) in [5, 5.41) is 8.73. The van der Waals surface area contributed by atoms with Gasteiger partial charge in [-0.05, 0) is 25.1 Å². The van der Waals surface area contributed by atoms with Crippen LogP contribution in [-0.4, -0.2) is 32.8 Å². The highest BCUT2D eigenvalue weighted by Crippen LogP contribution is 2.22. The number of ether oxygens (including phenoxy) is 1. The molecule has 1 aromatic carbocycles. The Morgan fingerprint density at radius 3 is 2.72 bits per heavy atom. The molecular weight excluding hydrogens is 230 g/mol. The van der Waals surface area contributed by atoms with Crippen molar-refractivity contribution in [1.82, 2.24) is 10.6 Å². The highest BCUT2D eigenvalue weighted by Gasteiger charge is 2.05. The van der Waals surface area contributed by atoms with Crippen molar-refractivity contribution in [2.45, 2.75) is 13.3 Å². The molecule has 1 rings (SSSR count). The molecule has 0 bridgehead atoms. The van der Waals surface area contributed by atoms with Crippen molar-refractivity contribution in [2.75, 3.05) is 32.1 Å². The minimum absolute atomic E-state index is 0.224. The van der Waals surface area contributed by atoms with Crippen LogP contribution in [-0.2, 0) is 0 Å². The molecular formula is C13H21N3O2. The van der Waals surface area contributed by atoms with Crippen LogP contribution >= 0.6 is 0 Å². The van der Waals surface area contributed by atoms with Crippen LogP contribution in [0.5, 0.6) is 5.75 Å². The van der Waals surface area contributed by atoms with Crippen molar-refractivity contribution in [3.63, 3.8) is 0 Å². The van der Waals surface area contributed by atoms with E-state index in [0.29, 0.717) is 18.0 Å². The second kappa shape index (κ2) is 8.36. The Balaban J connectivity index is 2.31. The van der Waals surface area contributed by atoms with Crippen LogP contribution in [0.4, 0.5) is 10.5 Å². The van der Waals surface area contributed by atoms with E-state index in [4.69, 9.17) is 4.74 Å². The Hall–Kier alpha value is -1.75. The summed E-state index contributed by atoms with van der Waals surface area (Å²) in [5.41, 5.74) is 0.666. The first-order valence-corrected chi connectivity index (χ1v) is 6.16. The number of anilines is 1. The molecule has 18 heavy (non-hydrogen) atoms. The van der Waals surface area contributed by atoms with E-state index in [2.05, 4.69) is 22.9 Å². The molecule has 5 heteroatoms. The van der Waals surface area contributed by atoms with Crippen LogP contribution in [0, 0.1) is 0 Å². The van der Waals surface area contributed by atoms with E-state index in [1.54, 1.807) is 19.2 Å². The van der Waals surface area contributed by atoms with Crippen LogP contribution in [0.2, 0.25) is 0 Å². The summed E-state index contributed by atoms with van der Waals surface area (Å²) in [6.45, 7) is 4.44. The molecule has 0 radical (unpaired) electrons. The predicted octanol–water partition coefficient (Wildman–Crippen LogP) is 1.82. The molecule has 0 fully saturated rings. The van der Waals surface area contributed by atoms with Gasteiger partial charge in [0, 0.05) is 13.1 Å². The molecule has 3 N–H and O–H groups in total. The molecule has 0 heterocycles. The van der Waals surface area contributed by atoms with Gasteiger partial charge >= 0.3 is 6.03 Å². The quantitative estimate of drug-likeness (QED) is 0.648. The van der Waals surface area contributed by atoms with Gasteiger partial charge in [-0.2, -0.15) is 0 Å². The number of para-hydroxylation sites is 2. The fourth-order valence-corrected chi connectivity index (χ4v) is 1.48. The standard InChI is InChI=1S/C13H21N3O2/c1-3-8-14-9-10-15-13(17)16-11-6-4-5-7-12(11)18-2/h4-7,14H,3,8-10H2,1-2H3,(H2,15,16,17). The normalized spacial score (nSPS) is 9.89. The third-order valence-electron chi connectivity index (χ3n) is 2.37. The van der Waals surface area contributed by atoms with E-state index in [9.17, 15) is 4.79 Å². The first-order chi connectivity index (χ1) is 8.77. The summed E-state index contributed by atoms with van der Waals surface area (Å²) in [4.78, 5) is 11.6. The van der Waals surface area contributed by atoms with Gasteiger partial charge in [0.1, 0.15) is 5.75 Å². The molecule has 5 nitrogen and oxygen atoms in total. The smallest absolute Gasteiger partial charge is 0.319 e. The van der Waals surface area contributed by atoms with Gasteiger partial charge in [-0.15, -0.1) is 0 Å². The molecule has 0 saturated carbocycles. The Kier molecular flexibility index (Phi) is 6.64. The zero-order chi connectivity index (χ0) is 13.2. The van der Waals surface area contributed by atoms with E-state index < -0.39 is 0 Å². The van der Waals surface area contributed by atoms with Crippen LogP contribution in [0.15, 0.2) is 24.3 Å². The minimum atomic E-state index is -0.224. The maximum Gasteiger partial charge on any atom is 0.319 e. The Bertz CT molecular complexity index is 369.